The van der Waals surface area contributed by atoms with Crippen LogP contribution in [0, 0.1) is 0 Å². The summed E-state index contributed by atoms with van der Waals surface area (Å²) < 4.78 is 2.38. The maximum Gasteiger partial charge on any atom is 0.111 e. The summed E-state index contributed by atoms with van der Waals surface area (Å²) in [6.45, 7) is 0.706. The van der Waals surface area contributed by atoms with E-state index >= 15 is 0 Å². The van der Waals surface area contributed by atoms with E-state index in [0.29, 0.717) is 6.54 Å². The number of nitrogens with zero attached hydrogens (tertiary/aromatic N) is 1. The summed E-state index contributed by atoms with van der Waals surface area (Å²) in [4.78, 5) is 0. The van der Waals surface area contributed by atoms with E-state index in [1.165, 1.54) is 71.5 Å². The highest BCUT2D eigenvalue weighted by Crippen LogP contribution is 2.37. The fourth-order valence-electron chi connectivity index (χ4n) is 8.09. The van der Waals surface area contributed by atoms with Crippen molar-refractivity contribution in [2.75, 3.05) is 6.54 Å². The first-order valence-electron chi connectivity index (χ1n) is 18.4. The van der Waals surface area contributed by atoms with Crippen LogP contribution in [0.4, 0.5) is 0 Å². The molecule has 0 saturated carbocycles. The summed E-state index contributed by atoms with van der Waals surface area (Å²) >= 11 is 0. The smallest absolute Gasteiger partial charge is 0.111 e. The van der Waals surface area contributed by atoms with Gasteiger partial charge in [-0.15, -0.1) is 0 Å². The van der Waals surface area contributed by atoms with Crippen LogP contribution in [0.5, 0.6) is 0 Å². The lowest BCUT2D eigenvalue weighted by molar-refractivity contribution is 0.220. The van der Waals surface area contributed by atoms with Crippen molar-refractivity contribution in [3.05, 3.63) is 199 Å². The second kappa shape index (κ2) is 13.4. The van der Waals surface area contributed by atoms with Crippen molar-refractivity contribution in [3.8, 4) is 22.3 Å². The summed E-state index contributed by atoms with van der Waals surface area (Å²) in [5.41, 5.74) is 10.9. The lowest BCUT2D eigenvalue weighted by Crippen LogP contribution is -2.60. The van der Waals surface area contributed by atoms with E-state index in [9.17, 15) is 0 Å². The van der Waals surface area contributed by atoms with E-state index in [-0.39, 0.29) is 18.5 Å². The molecule has 1 aromatic heterocycles. The fraction of sp³-hybridized carbons (Fsp3) is 0.0833. The minimum Gasteiger partial charge on any atom is -0.367 e. The lowest BCUT2D eigenvalue weighted by atomic mass is 9.99. The van der Waals surface area contributed by atoms with Crippen LogP contribution in [0.2, 0.25) is 0 Å². The molecule has 4 N–H and O–H groups in total. The molecule has 5 nitrogen and oxygen atoms in total. The van der Waals surface area contributed by atoms with Gasteiger partial charge in [-0.05, 0) is 67.9 Å². The molecule has 10 rings (SSSR count). The highest BCUT2D eigenvalue weighted by Gasteiger charge is 2.31. The standard InChI is InChI=1S/C48H39N5/c1-3-11-32(12-4-1)34-19-23-37(24-20-34)46-50-47(38-25-21-35(22-26-38)33-13-5-2-6-14-33)52-48(51-46)39-28-30-44(49-31-39)53-42-18-10-9-17-41(42)45-40-16-8-7-15-36(40)27-29-43(45)53/h1-30,46-52H,31H2. The van der Waals surface area contributed by atoms with E-state index in [1.54, 1.807) is 0 Å². The maximum atomic E-state index is 3.90. The van der Waals surface area contributed by atoms with E-state index in [0.717, 1.165) is 5.82 Å². The number of hydrogen-bond donors (Lipinski definition) is 4. The number of hydrogen-bond acceptors (Lipinski definition) is 4. The van der Waals surface area contributed by atoms with E-state index in [1.807, 2.05) is 0 Å². The topological polar surface area (TPSA) is 53.0 Å². The Labute approximate surface area is 309 Å². The number of dihydropyridines is 1. The van der Waals surface area contributed by atoms with E-state index in [4.69, 9.17) is 0 Å². The molecule has 5 heteroatoms. The second-order valence-corrected chi connectivity index (χ2v) is 14.0. The Bertz CT molecular complexity index is 2550. The van der Waals surface area contributed by atoms with Gasteiger partial charge in [0.05, 0.1) is 29.5 Å². The summed E-state index contributed by atoms with van der Waals surface area (Å²) in [6.07, 6.45) is 4.32. The Balaban J connectivity index is 0.997. The number of fused-ring (bicyclic) bond motifs is 5. The first-order valence-corrected chi connectivity index (χ1v) is 18.4. The van der Waals surface area contributed by atoms with Gasteiger partial charge in [0.25, 0.3) is 0 Å². The largest absolute Gasteiger partial charge is 0.367 e. The molecule has 53 heavy (non-hydrogen) atoms. The molecule has 0 bridgehead atoms. The zero-order valence-corrected chi connectivity index (χ0v) is 29.2. The van der Waals surface area contributed by atoms with Crippen molar-refractivity contribution < 1.29 is 0 Å². The average molecular weight is 686 g/mol. The monoisotopic (exact) mass is 685 g/mol. The molecule has 1 saturated heterocycles. The van der Waals surface area contributed by atoms with Crippen LogP contribution in [-0.2, 0) is 0 Å². The number of allylic oxidation sites excluding steroid dienone is 2. The average Bonchev–Trinajstić information content (AvgIpc) is 3.59. The fourth-order valence-corrected chi connectivity index (χ4v) is 8.09. The van der Waals surface area contributed by atoms with Crippen LogP contribution >= 0.6 is 0 Å². The van der Waals surface area contributed by atoms with Crippen molar-refractivity contribution in [3.63, 3.8) is 0 Å². The van der Waals surface area contributed by atoms with Crippen LogP contribution in [-0.4, -0.2) is 17.3 Å². The Kier molecular flexibility index (Phi) is 7.95. The van der Waals surface area contributed by atoms with Gasteiger partial charge >= 0.3 is 0 Å². The van der Waals surface area contributed by atoms with Crippen molar-refractivity contribution in [1.29, 1.82) is 0 Å². The van der Waals surface area contributed by atoms with Gasteiger partial charge in [-0.1, -0.05) is 164 Å². The molecular weight excluding hydrogens is 647 g/mol. The molecule has 7 aromatic carbocycles. The molecule has 2 unspecified atom stereocenters. The molecule has 2 aliphatic heterocycles. The van der Waals surface area contributed by atoms with Gasteiger partial charge in [0, 0.05) is 17.3 Å². The lowest BCUT2D eigenvalue weighted by Gasteiger charge is -2.41. The first kappa shape index (κ1) is 31.5. The zero-order valence-electron chi connectivity index (χ0n) is 29.2. The summed E-state index contributed by atoms with van der Waals surface area (Å²) in [7, 11) is 0. The maximum absolute atomic E-state index is 3.90. The number of benzene rings is 7. The number of para-hydroxylation sites is 1. The van der Waals surface area contributed by atoms with Gasteiger partial charge in [-0.3, -0.25) is 20.5 Å². The Morgan fingerprint density at radius 1 is 0.415 bits per heavy atom. The molecular formula is C48H39N5. The van der Waals surface area contributed by atoms with E-state index in [2.05, 4.69) is 208 Å². The first-order chi connectivity index (χ1) is 26.3. The predicted octanol–water partition coefficient (Wildman–Crippen LogP) is 10.1. The highest BCUT2D eigenvalue weighted by molar-refractivity contribution is 6.21. The van der Waals surface area contributed by atoms with Crippen LogP contribution in [0.1, 0.15) is 23.5 Å². The van der Waals surface area contributed by atoms with Crippen LogP contribution in [0.15, 0.2) is 188 Å². The van der Waals surface area contributed by atoms with Gasteiger partial charge in [0.15, 0.2) is 0 Å². The molecule has 8 aromatic rings. The SMILES string of the molecule is C1=C(C2NC(c3ccc(-c4ccccc4)cc3)NC(c3ccc(-c4ccccc4)cc3)N2)CNC(n2c3ccccc3c3c4ccccc4ccc32)=C1. The third-order valence-electron chi connectivity index (χ3n) is 10.8. The van der Waals surface area contributed by atoms with Crippen molar-refractivity contribution >= 4 is 38.4 Å². The highest BCUT2D eigenvalue weighted by atomic mass is 15.4. The molecule has 0 radical (unpaired) electrons. The molecule has 0 amide bonds. The number of aromatic nitrogens is 1. The van der Waals surface area contributed by atoms with Crippen LogP contribution in [0.25, 0.3) is 60.7 Å². The third-order valence-corrected chi connectivity index (χ3v) is 10.8. The summed E-state index contributed by atoms with van der Waals surface area (Å²) in [5.74, 6) is 1.07. The van der Waals surface area contributed by atoms with Gasteiger partial charge < -0.3 is 5.32 Å². The molecule has 2 aliphatic rings. The molecule has 3 heterocycles. The zero-order chi connectivity index (χ0) is 35.1. The third kappa shape index (κ3) is 5.81. The number of rotatable bonds is 6. The molecule has 0 spiro atoms. The van der Waals surface area contributed by atoms with Gasteiger partial charge in [-0.25, -0.2) is 0 Å². The van der Waals surface area contributed by atoms with Crippen molar-refractivity contribution in [2.45, 2.75) is 18.5 Å². The Hall–Kier alpha value is -6.24. The van der Waals surface area contributed by atoms with Crippen molar-refractivity contribution in [1.82, 2.24) is 25.8 Å². The number of nitrogens with one attached hydrogen (secondary N) is 4. The molecule has 1 fully saturated rings. The summed E-state index contributed by atoms with van der Waals surface area (Å²) in [5, 5.41) is 20.6. The molecule has 0 aliphatic carbocycles. The molecule has 2 atom stereocenters. The van der Waals surface area contributed by atoms with Crippen molar-refractivity contribution in [2.24, 2.45) is 0 Å². The summed E-state index contributed by atoms with van der Waals surface area (Å²) in [6, 6.07) is 60.9. The minimum absolute atomic E-state index is 0.0678. The minimum atomic E-state index is -0.0683. The molecule has 256 valence electrons. The van der Waals surface area contributed by atoms with Gasteiger partial charge in [-0.2, -0.15) is 0 Å². The normalized spacial score (nSPS) is 18.8. The van der Waals surface area contributed by atoms with Crippen LogP contribution in [0.3, 0.4) is 0 Å². The Morgan fingerprint density at radius 2 is 0.943 bits per heavy atom. The van der Waals surface area contributed by atoms with Gasteiger partial charge in [0.2, 0.25) is 0 Å². The Morgan fingerprint density at radius 3 is 1.55 bits per heavy atom. The second-order valence-electron chi connectivity index (χ2n) is 14.0. The van der Waals surface area contributed by atoms with Crippen LogP contribution < -0.4 is 21.3 Å². The quantitative estimate of drug-likeness (QED) is 0.141. The van der Waals surface area contributed by atoms with Gasteiger partial charge in [0.1, 0.15) is 5.82 Å². The predicted molar refractivity (Wildman–Crippen MR) is 220 cm³/mol. The van der Waals surface area contributed by atoms with E-state index < -0.39 is 0 Å².